The maximum absolute atomic E-state index is 12.9. The first kappa shape index (κ1) is 22.1. The molecule has 0 unspecified atom stereocenters. The van der Waals surface area contributed by atoms with Crippen molar-refractivity contribution in [3.63, 3.8) is 0 Å². The summed E-state index contributed by atoms with van der Waals surface area (Å²) in [6.07, 6.45) is 0.0718. The third-order valence-electron chi connectivity index (χ3n) is 4.83. The molecular weight excluding hydrogens is 512 g/mol. The number of ketones is 2. The maximum Gasteiger partial charge on any atom is 0.335 e. The third-order valence-corrected chi connectivity index (χ3v) is 5.88. The van der Waals surface area contributed by atoms with Gasteiger partial charge in [0.25, 0.3) is 0 Å². The molecule has 0 aliphatic rings. The summed E-state index contributed by atoms with van der Waals surface area (Å²) in [5.74, 6) is -1.92. The summed E-state index contributed by atoms with van der Waals surface area (Å²) in [4.78, 5) is 37.5. The first-order valence-electron chi connectivity index (χ1n) is 9.25. The average Bonchev–Trinajstić information content (AvgIpc) is 2.74. The molecule has 0 radical (unpaired) electrons. The molecule has 3 aromatic rings. The number of carbonyl (C=O) groups is 3. The van der Waals surface area contributed by atoms with Gasteiger partial charge in [0.15, 0.2) is 11.6 Å². The van der Waals surface area contributed by atoms with E-state index in [4.69, 9.17) is 0 Å². The van der Waals surface area contributed by atoms with Crippen LogP contribution in [0.25, 0.3) is 0 Å². The number of halogens is 2. The molecule has 152 valence electrons. The summed E-state index contributed by atoms with van der Waals surface area (Å²) >= 11 is 6.69. The monoisotopic (exact) mass is 528 g/mol. The molecule has 4 nitrogen and oxygen atoms in total. The van der Waals surface area contributed by atoms with Gasteiger partial charge in [-0.25, -0.2) is 4.79 Å². The quantitative estimate of drug-likeness (QED) is 0.336. The minimum Gasteiger partial charge on any atom is -0.478 e. The normalized spacial score (nSPS) is 10.8. The van der Waals surface area contributed by atoms with Crippen molar-refractivity contribution in [3.8, 4) is 0 Å². The summed E-state index contributed by atoms with van der Waals surface area (Å²) in [7, 11) is 0. The van der Waals surface area contributed by atoms with E-state index in [9.17, 15) is 19.5 Å². The molecule has 0 atom stereocenters. The smallest absolute Gasteiger partial charge is 0.335 e. The van der Waals surface area contributed by atoms with Crippen LogP contribution in [0.15, 0.2) is 81.7 Å². The van der Waals surface area contributed by atoms with E-state index >= 15 is 0 Å². The Balaban J connectivity index is 1.93. The number of rotatable bonds is 8. The van der Waals surface area contributed by atoms with Crippen LogP contribution in [0.5, 0.6) is 0 Å². The standard InChI is InChI=1S/C24H18Br2O4/c25-18-9-5-15(6-10-18)22(27)13-17(20-3-1-2-4-21(20)24(29)30)14-23(28)16-7-11-19(26)12-8-16/h1-12,17H,13-14H2,(H,29,30). The Morgan fingerprint density at radius 3 is 1.57 bits per heavy atom. The second kappa shape index (κ2) is 9.96. The molecule has 30 heavy (non-hydrogen) atoms. The van der Waals surface area contributed by atoms with Crippen molar-refractivity contribution in [2.45, 2.75) is 18.8 Å². The van der Waals surface area contributed by atoms with Crippen LogP contribution in [-0.4, -0.2) is 22.6 Å². The fourth-order valence-corrected chi connectivity index (χ4v) is 3.82. The molecule has 0 heterocycles. The zero-order valence-electron chi connectivity index (χ0n) is 15.8. The fourth-order valence-electron chi connectivity index (χ4n) is 3.29. The minimum absolute atomic E-state index is 0.0359. The second-order valence-corrected chi connectivity index (χ2v) is 8.69. The van der Waals surface area contributed by atoms with Crippen molar-refractivity contribution in [3.05, 3.63) is 104 Å². The van der Waals surface area contributed by atoms with Crippen LogP contribution in [0.2, 0.25) is 0 Å². The predicted octanol–water partition coefficient (Wildman–Crippen LogP) is 6.54. The molecule has 0 amide bonds. The van der Waals surface area contributed by atoms with Crippen molar-refractivity contribution < 1.29 is 19.5 Å². The van der Waals surface area contributed by atoms with Crippen LogP contribution in [0.1, 0.15) is 55.4 Å². The Hall–Kier alpha value is -2.57. The van der Waals surface area contributed by atoms with Gasteiger partial charge in [-0.1, -0.05) is 74.3 Å². The van der Waals surface area contributed by atoms with Gasteiger partial charge in [-0.3, -0.25) is 9.59 Å². The lowest BCUT2D eigenvalue weighted by molar-refractivity contribution is 0.0692. The number of hydrogen-bond acceptors (Lipinski definition) is 3. The molecular formula is C24H18Br2O4. The molecule has 0 aliphatic carbocycles. The highest BCUT2D eigenvalue weighted by Crippen LogP contribution is 2.30. The van der Waals surface area contributed by atoms with E-state index in [1.165, 1.54) is 6.07 Å². The first-order valence-corrected chi connectivity index (χ1v) is 10.8. The lowest BCUT2D eigenvalue weighted by atomic mass is 9.84. The zero-order chi connectivity index (χ0) is 21.7. The van der Waals surface area contributed by atoms with E-state index in [0.29, 0.717) is 16.7 Å². The second-order valence-electron chi connectivity index (χ2n) is 6.86. The fraction of sp³-hybridized carbons (Fsp3) is 0.125. The van der Waals surface area contributed by atoms with Gasteiger partial charge in [0.05, 0.1) is 5.56 Å². The molecule has 3 aromatic carbocycles. The van der Waals surface area contributed by atoms with E-state index < -0.39 is 11.9 Å². The van der Waals surface area contributed by atoms with Gasteiger partial charge in [-0.05, 0) is 41.8 Å². The van der Waals surface area contributed by atoms with Crippen molar-refractivity contribution in [1.29, 1.82) is 0 Å². The van der Waals surface area contributed by atoms with Gasteiger partial charge in [0, 0.05) is 32.9 Å². The Bertz CT molecular complexity index is 1010. The summed E-state index contributed by atoms with van der Waals surface area (Å²) in [5.41, 5.74) is 1.63. The van der Waals surface area contributed by atoms with Crippen LogP contribution in [-0.2, 0) is 0 Å². The summed E-state index contributed by atoms with van der Waals surface area (Å²) in [5, 5.41) is 9.60. The molecule has 0 spiro atoms. The number of benzene rings is 3. The van der Waals surface area contributed by atoms with Gasteiger partial charge in [-0.2, -0.15) is 0 Å². The molecule has 1 N–H and O–H groups in total. The van der Waals surface area contributed by atoms with Crippen molar-refractivity contribution in [2.24, 2.45) is 0 Å². The number of carboxylic acid groups (broad SMARTS) is 1. The van der Waals surface area contributed by atoms with Crippen molar-refractivity contribution >= 4 is 49.4 Å². The highest BCUT2D eigenvalue weighted by Gasteiger charge is 2.25. The van der Waals surface area contributed by atoms with E-state index in [1.807, 2.05) is 0 Å². The predicted molar refractivity (Wildman–Crippen MR) is 122 cm³/mol. The SMILES string of the molecule is O=C(CC(CC(=O)c1ccc(Br)cc1)c1ccccc1C(=O)O)c1ccc(Br)cc1. The van der Waals surface area contributed by atoms with E-state index in [2.05, 4.69) is 31.9 Å². The van der Waals surface area contributed by atoms with Crippen LogP contribution in [0.3, 0.4) is 0 Å². The molecule has 0 saturated heterocycles. The number of carboxylic acids is 1. The molecule has 0 aliphatic heterocycles. The highest BCUT2D eigenvalue weighted by molar-refractivity contribution is 9.10. The van der Waals surface area contributed by atoms with Crippen LogP contribution < -0.4 is 0 Å². The Morgan fingerprint density at radius 1 is 0.700 bits per heavy atom. The van der Waals surface area contributed by atoms with Gasteiger partial charge in [-0.15, -0.1) is 0 Å². The Morgan fingerprint density at radius 2 is 1.13 bits per heavy atom. The number of hydrogen-bond donors (Lipinski definition) is 1. The molecule has 6 heteroatoms. The summed E-state index contributed by atoms with van der Waals surface area (Å²) in [6, 6.07) is 20.5. The van der Waals surface area contributed by atoms with Crippen molar-refractivity contribution in [2.75, 3.05) is 0 Å². The topological polar surface area (TPSA) is 71.4 Å². The number of Topliss-reactive ketones (excluding diaryl/α,β-unsaturated/α-hetero) is 2. The van der Waals surface area contributed by atoms with E-state index in [-0.39, 0.29) is 30.0 Å². The summed E-state index contributed by atoms with van der Waals surface area (Å²) < 4.78 is 1.72. The number of carbonyl (C=O) groups excluding carboxylic acids is 2. The van der Waals surface area contributed by atoms with Crippen LogP contribution in [0, 0.1) is 0 Å². The lowest BCUT2D eigenvalue weighted by Gasteiger charge is -2.18. The summed E-state index contributed by atoms with van der Waals surface area (Å²) in [6.45, 7) is 0. The Kier molecular flexibility index (Phi) is 7.34. The van der Waals surface area contributed by atoms with Gasteiger partial charge in [0.1, 0.15) is 0 Å². The van der Waals surface area contributed by atoms with Crippen molar-refractivity contribution in [1.82, 2.24) is 0 Å². The maximum atomic E-state index is 12.9. The minimum atomic E-state index is -1.08. The van der Waals surface area contributed by atoms with E-state index in [0.717, 1.165) is 8.95 Å². The molecule has 0 fully saturated rings. The molecule has 0 saturated carbocycles. The number of aromatic carboxylic acids is 1. The lowest BCUT2D eigenvalue weighted by Crippen LogP contribution is -2.15. The Labute approximate surface area is 191 Å². The molecule has 0 aromatic heterocycles. The molecule has 0 bridgehead atoms. The highest BCUT2D eigenvalue weighted by atomic mass is 79.9. The average molecular weight is 530 g/mol. The van der Waals surface area contributed by atoms with Crippen LogP contribution >= 0.6 is 31.9 Å². The third kappa shape index (κ3) is 5.52. The van der Waals surface area contributed by atoms with Crippen LogP contribution in [0.4, 0.5) is 0 Å². The van der Waals surface area contributed by atoms with Gasteiger partial charge in [0.2, 0.25) is 0 Å². The first-order chi connectivity index (χ1) is 14.3. The van der Waals surface area contributed by atoms with E-state index in [1.54, 1.807) is 66.7 Å². The molecule has 3 rings (SSSR count). The zero-order valence-corrected chi connectivity index (χ0v) is 19.0. The largest absolute Gasteiger partial charge is 0.478 e. The van der Waals surface area contributed by atoms with Gasteiger partial charge >= 0.3 is 5.97 Å². The van der Waals surface area contributed by atoms with Gasteiger partial charge < -0.3 is 5.11 Å².